The lowest BCUT2D eigenvalue weighted by Crippen LogP contribution is -2.36. The van der Waals surface area contributed by atoms with Crippen molar-refractivity contribution in [3.05, 3.63) is 90.0 Å². The van der Waals surface area contributed by atoms with Crippen molar-refractivity contribution in [2.24, 2.45) is 4.99 Å². The summed E-state index contributed by atoms with van der Waals surface area (Å²) in [4.78, 5) is 31.6. The number of carbonyl (C=O) groups excluding carboxylic acids is 2. The van der Waals surface area contributed by atoms with Crippen molar-refractivity contribution in [1.29, 1.82) is 0 Å². The van der Waals surface area contributed by atoms with E-state index in [2.05, 4.69) is 10.6 Å². The van der Waals surface area contributed by atoms with Crippen molar-refractivity contribution >= 4 is 34.6 Å². The van der Waals surface area contributed by atoms with E-state index in [0.29, 0.717) is 17.9 Å². The highest BCUT2D eigenvalue weighted by atomic mass is 16.3. The first-order valence-electron chi connectivity index (χ1n) is 10.8. The molecule has 0 bridgehead atoms. The van der Waals surface area contributed by atoms with E-state index in [4.69, 9.17) is 10.1 Å². The minimum atomic E-state index is -0.509. The number of aliphatic hydroxyl groups excluding tert-OH is 1. The minimum absolute atomic E-state index is 0.0169. The van der Waals surface area contributed by atoms with E-state index in [-0.39, 0.29) is 25.0 Å². The van der Waals surface area contributed by atoms with Crippen molar-refractivity contribution in [2.75, 3.05) is 37.0 Å². The molecule has 0 saturated carbocycles. The van der Waals surface area contributed by atoms with Crippen LogP contribution in [0.2, 0.25) is 0 Å². The number of para-hydroxylation sites is 1. The van der Waals surface area contributed by atoms with E-state index in [9.17, 15) is 9.59 Å². The zero-order valence-corrected chi connectivity index (χ0v) is 18.4. The van der Waals surface area contributed by atoms with Crippen LogP contribution in [0.1, 0.15) is 17.0 Å². The Morgan fingerprint density at radius 2 is 1.73 bits per heavy atom. The lowest BCUT2D eigenvalue weighted by Gasteiger charge is -2.18. The third-order valence-electron chi connectivity index (χ3n) is 5.56. The second kappa shape index (κ2) is 10.2. The van der Waals surface area contributed by atoms with Gasteiger partial charge in [-0.1, -0.05) is 48.5 Å². The van der Waals surface area contributed by atoms with Gasteiger partial charge in [-0.05, 0) is 41.5 Å². The molecule has 1 aliphatic heterocycles. The van der Waals surface area contributed by atoms with Gasteiger partial charge in [0.2, 0.25) is 11.8 Å². The molecule has 33 heavy (non-hydrogen) atoms. The smallest absolute Gasteiger partial charge is 0.240 e. The monoisotopic (exact) mass is 442 g/mol. The summed E-state index contributed by atoms with van der Waals surface area (Å²) < 4.78 is 0. The molecule has 1 atom stereocenters. The predicted octanol–water partition coefficient (Wildman–Crippen LogP) is 3.09. The summed E-state index contributed by atoms with van der Waals surface area (Å²) in [6, 6.07) is 24.7. The molecule has 0 fully saturated rings. The van der Waals surface area contributed by atoms with Crippen LogP contribution >= 0.6 is 0 Å². The fourth-order valence-electron chi connectivity index (χ4n) is 3.81. The second-order valence-corrected chi connectivity index (χ2v) is 7.74. The Balaban J connectivity index is 1.64. The van der Waals surface area contributed by atoms with Crippen molar-refractivity contribution in [2.45, 2.75) is 5.92 Å². The number of amides is 2. The molecule has 0 spiro atoms. The Kier molecular flexibility index (Phi) is 6.92. The molecule has 7 nitrogen and oxygen atoms in total. The van der Waals surface area contributed by atoms with E-state index >= 15 is 0 Å². The fraction of sp³-hybridized carbons (Fsp3) is 0.192. The topological polar surface area (TPSA) is 94.0 Å². The van der Waals surface area contributed by atoms with E-state index in [1.807, 2.05) is 78.9 Å². The Hall–Kier alpha value is -3.81. The van der Waals surface area contributed by atoms with Gasteiger partial charge in [-0.15, -0.1) is 0 Å². The van der Waals surface area contributed by atoms with Gasteiger partial charge in [-0.2, -0.15) is 0 Å². The summed E-state index contributed by atoms with van der Waals surface area (Å²) in [5, 5.41) is 14.7. The van der Waals surface area contributed by atoms with Gasteiger partial charge in [0.1, 0.15) is 5.92 Å². The molecular weight excluding hydrogens is 416 g/mol. The number of anilines is 2. The Morgan fingerprint density at radius 1 is 1.03 bits per heavy atom. The van der Waals surface area contributed by atoms with Crippen LogP contribution in [0.5, 0.6) is 0 Å². The van der Waals surface area contributed by atoms with Crippen LogP contribution in [0.3, 0.4) is 0 Å². The predicted molar refractivity (Wildman–Crippen MR) is 130 cm³/mol. The first kappa shape index (κ1) is 22.4. The largest absolute Gasteiger partial charge is 0.395 e. The van der Waals surface area contributed by atoms with E-state index < -0.39 is 5.92 Å². The standard InChI is InChI=1S/C26H26N4O3/c1-30(23(32)17-27-15-16-31)20-13-11-19(12-14-20)28-25(18-7-3-2-4-8-18)24-21-9-5-6-10-22(21)29-26(24)33/h2-14,24,27,31H,15-17H2,1H3,(H,29,33). The Morgan fingerprint density at radius 3 is 2.45 bits per heavy atom. The number of aliphatic hydroxyl groups is 1. The number of likely N-dealkylation sites (N-methyl/N-ethyl adjacent to an activating group) is 1. The molecule has 7 heteroatoms. The molecule has 3 aromatic rings. The van der Waals surface area contributed by atoms with Gasteiger partial charge in [-0.25, -0.2) is 0 Å². The quantitative estimate of drug-likeness (QED) is 0.369. The molecule has 0 saturated heterocycles. The summed E-state index contributed by atoms with van der Waals surface area (Å²) in [7, 11) is 1.70. The number of rotatable bonds is 8. The lowest BCUT2D eigenvalue weighted by atomic mass is 9.90. The molecule has 3 aromatic carbocycles. The van der Waals surface area contributed by atoms with Gasteiger partial charge in [0.05, 0.1) is 24.6 Å². The number of aliphatic imine (C=N–C) groups is 1. The van der Waals surface area contributed by atoms with Crippen LogP contribution in [0, 0.1) is 0 Å². The van der Waals surface area contributed by atoms with Gasteiger partial charge in [0, 0.05) is 25.0 Å². The molecule has 168 valence electrons. The van der Waals surface area contributed by atoms with Gasteiger partial charge in [0.15, 0.2) is 0 Å². The van der Waals surface area contributed by atoms with Gasteiger partial charge in [0.25, 0.3) is 0 Å². The second-order valence-electron chi connectivity index (χ2n) is 7.74. The van der Waals surface area contributed by atoms with Gasteiger partial charge >= 0.3 is 0 Å². The van der Waals surface area contributed by atoms with Crippen LogP contribution in [0.4, 0.5) is 17.1 Å². The maximum atomic E-state index is 12.9. The number of hydrogen-bond donors (Lipinski definition) is 3. The molecule has 3 N–H and O–H groups in total. The van der Waals surface area contributed by atoms with E-state index in [1.165, 1.54) is 0 Å². The molecular formula is C26H26N4O3. The number of nitrogens with one attached hydrogen (secondary N) is 2. The van der Waals surface area contributed by atoms with Crippen LogP contribution in [0.15, 0.2) is 83.9 Å². The highest BCUT2D eigenvalue weighted by molar-refractivity contribution is 6.24. The van der Waals surface area contributed by atoms with Crippen molar-refractivity contribution < 1.29 is 14.7 Å². The normalized spacial score (nSPS) is 15.2. The number of carbonyl (C=O) groups is 2. The highest BCUT2D eigenvalue weighted by Gasteiger charge is 2.35. The molecule has 1 aliphatic rings. The molecule has 4 rings (SSSR count). The van der Waals surface area contributed by atoms with Crippen molar-refractivity contribution in [1.82, 2.24) is 5.32 Å². The van der Waals surface area contributed by atoms with E-state index in [1.54, 1.807) is 11.9 Å². The first-order valence-corrected chi connectivity index (χ1v) is 10.8. The molecule has 1 unspecified atom stereocenters. The fourth-order valence-corrected chi connectivity index (χ4v) is 3.81. The number of nitrogens with zero attached hydrogens (tertiary/aromatic N) is 2. The average Bonchev–Trinajstić information content (AvgIpc) is 3.18. The molecule has 2 amide bonds. The molecule has 0 aliphatic carbocycles. The highest BCUT2D eigenvalue weighted by Crippen LogP contribution is 2.36. The number of fused-ring (bicyclic) bond motifs is 1. The maximum Gasteiger partial charge on any atom is 0.240 e. The summed E-state index contributed by atoms with van der Waals surface area (Å²) in [5.41, 5.74) is 4.68. The number of hydrogen-bond acceptors (Lipinski definition) is 5. The SMILES string of the molecule is CN(C(=O)CNCCO)c1ccc(N=C(c2ccccc2)C2C(=O)Nc3ccccc32)cc1. The van der Waals surface area contributed by atoms with Crippen LogP contribution in [-0.4, -0.2) is 49.4 Å². The van der Waals surface area contributed by atoms with Crippen LogP contribution in [-0.2, 0) is 9.59 Å². The summed E-state index contributed by atoms with van der Waals surface area (Å²) >= 11 is 0. The zero-order valence-electron chi connectivity index (χ0n) is 18.4. The van der Waals surface area contributed by atoms with Gasteiger partial charge < -0.3 is 20.6 Å². The summed E-state index contributed by atoms with van der Waals surface area (Å²) in [6.07, 6.45) is 0. The third kappa shape index (κ3) is 5.00. The molecule has 0 radical (unpaired) electrons. The lowest BCUT2D eigenvalue weighted by molar-refractivity contribution is -0.117. The van der Waals surface area contributed by atoms with Crippen LogP contribution in [0.25, 0.3) is 0 Å². The number of benzene rings is 3. The summed E-state index contributed by atoms with van der Waals surface area (Å²) in [5.74, 6) is -0.717. The minimum Gasteiger partial charge on any atom is -0.395 e. The zero-order chi connectivity index (χ0) is 23.2. The first-order chi connectivity index (χ1) is 16.1. The Bertz CT molecular complexity index is 1160. The van der Waals surface area contributed by atoms with Gasteiger partial charge in [-0.3, -0.25) is 14.6 Å². The Labute approximate surface area is 192 Å². The van der Waals surface area contributed by atoms with Crippen molar-refractivity contribution in [3.63, 3.8) is 0 Å². The van der Waals surface area contributed by atoms with E-state index in [0.717, 1.165) is 22.5 Å². The summed E-state index contributed by atoms with van der Waals surface area (Å²) in [6.45, 7) is 0.496. The third-order valence-corrected chi connectivity index (χ3v) is 5.56. The maximum absolute atomic E-state index is 12.9. The van der Waals surface area contributed by atoms with Crippen molar-refractivity contribution in [3.8, 4) is 0 Å². The average molecular weight is 443 g/mol. The van der Waals surface area contributed by atoms with Crippen LogP contribution < -0.4 is 15.5 Å². The molecule has 1 heterocycles. The molecule has 0 aromatic heterocycles.